The van der Waals surface area contributed by atoms with E-state index in [1.807, 2.05) is 0 Å². The second-order valence-electron chi connectivity index (χ2n) is 9.25. The van der Waals surface area contributed by atoms with E-state index in [1.54, 1.807) is 0 Å². The maximum absolute atomic E-state index is 11.0. The van der Waals surface area contributed by atoms with Crippen LogP contribution in [-0.2, 0) is 4.74 Å². The van der Waals surface area contributed by atoms with E-state index in [2.05, 4.69) is 40.7 Å². The predicted octanol–water partition coefficient (Wildman–Crippen LogP) is 4.86. The first-order valence-corrected chi connectivity index (χ1v) is 9.21. The maximum atomic E-state index is 11.0. The molecule has 2 bridgehead atoms. The fourth-order valence-electron chi connectivity index (χ4n) is 5.31. The predicted molar refractivity (Wildman–Crippen MR) is 90.7 cm³/mol. The first-order valence-electron chi connectivity index (χ1n) is 9.21. The number of hydrogen-bond donors (Lipinski definition) is 1. The van der Waals surface area contributed by atoms with Gasteiger partial charge in [0.1, 0.15) is 0 Å². The van der Waals surface area contributed by atoms with Gasteiger partial charge in [0, 0.05) is 0 Å². The van der Waals surface area contributed by atoms with Crippen LogP contribution < -0.4 is 0 Å². The summed E-state index contributed by atoms with van der Waals surface area (Å²) in [7, 11) is 0. The van der Waals surface area contributed by atoms with Crippen LogP contribution in [0.2, 0.25) is 0 Å². The van der Waals surface area contributed by atoms with Gasteiger partial charge >= 0.3 is 0 Å². The number of epoxide rings is 1. The molecular formula is C20H34O2. The van der Waals surface area contributed by atoms with Crippen molar-refractivity contribution in [3.63, 3.8) is 0 Å². The molecule has 2 aliphatic carbocycles. The first-order chi connectivity index (χ1) is 10.2. The molecule has 5 atom stereocenters. The van der Waals surface area contributed by atoms with E-state index in [9.17, 15) is 5.11 Å². The van der Waals surface area contributed by atoms with E-state index in [1.165, 1.54) is 18.4 Å². The molecule has 0 aromatic carbocycles. The SMILES string of the molecule is C/C1=C\C[C@@H]2CC[C@](C)(O)[C@@H](CC[C@@]3(C)O[C@H]3CC1)C2(C)C. The molecule has 3 rings (SSSR count). The number of aliphatic hydroxyl groups is 1. The highest BCUT2D eigenvalue weighted by molar-refractivity contribution is 5.09. The minimum Gasteiger partial charge on any atom is -0.390 e. The van der Waals surface area contributed by atoms with Gasteiger partial charge in [0.2, 0.25) is 0 Å². The molecule has 2 heteroatoms. The van der Waals surface area contributed by atoms with Crippen LogP contribution in [-0.4, -0.2) is 22.4 Å². The Kier molecular flexibility index (Phi) is 4.01. The Bertz CT molecular complexity index is 462. The van der Waals surface area contributed by atoms with Crippen molar-refractivity contribution in [2.75, 3.05) is 0 Å². The minimum atomic E-state index is -0.524. The van der Waals surface area contributed by atoms with Gasteiger partial charge < -0.3 is 9.84 Å². The van der Waals surface area contributed by atoms with Gasteiger partial charge in [0.15, 0.2) is 0 Å². The Morgan fingerprint density at radius 1 is 1.09 bits per heavy atom. The minimum absolute atomic E-state index is 0.0680. The Morgan fingerprint density at radius 2 is 1.82 bits per heavy atom. The summed E-state index contributed by atoms with van der Waals surface area (Å²) < 4.78 is 6.03. The normalized spacial score (nSPS) is 50.8. The standard InChI is InChI=1S/C20H34O2/c1-14-6-8-15-10-12-19(4,21)16(18(15,2)3)11-13-20(5)17(22-20)9-7-14/h6,15-17,21H,7-13H2,1-5H3/b14-6+/t15-,16+,17+,19+,20-/m1/s1. The number of allylic oxidation sites excluding steroid dienone is 2. The summed E-state index contributed by atoms with van der Waals surface area (Å²) in [6, 6.07) is 0. The zero-order valence-corrected chi connectivity index (χ0v) is 15.1. The molecule has 0 unspecified atom stereocenters. The molecule has 2 nitrogen and oxygen atoms in total. The Morgan fingerprint density at radius 3 is 2.55 bits per heavy atom. The van der Waals surface area contributed by atoms with Crippen LogP contribution in [0.25, 0.3) is 0 Å². The van der Waals surface area contributed by atoms with Crippen LogP contribution in [0.15, 0.2) is 11.6 Å². The summed E-state index contributed by atoms with van der Waals surface area (Å²) >= 11 is 0. The van der Waals surface area contributed by atoms with Crippen LogP contribution >= 0.6 is 0 Å². The Balaban J connectivity index is 1.88. The molecule has 3 aliphatic rings. The summed E-state index contributed by atoms with van der Waals surface area (Å²) in [4.78, 5) is 0. The van der Waals surface area contributed by atoms with Crippen molar-refractivity contribution in [2.24, 2.45) is 17.3 Å². The smallest absolute Gasteiger partial charge is 0.0920 e. The van der Waals surface area contributed by atoms with E-state index in [0.29, 0.717) is 17.9 Å². The van der Waals surface area contributed by atoms with Gasteiger partial charge in [-0.1, -0.05) is 25.5 Å². The highest BCUT2D eigenvalue weighted by atomic mass is 16.6. The second kappa shape index (κ2) is 5.34. The van der Waals surface area contributed by atoms with Crippen molar-refractivity contribution in [1.82, 2.24) is 0 Å². The molecule has 126 valence electrons. The monoisotopic (exact) mass is 306 g/mol. The second-order valence-corrected chi connectivity index (χ2v) is 9.25. The average Bonchev–Trinajstić information content (AvgIpc) is 3.04. The molecule has 0 aromatic heterocycles. The molecule has 1 saturated carbocycles. The summed E-state index contributed by atoms with van der Waals surface area (Å²) in [6.07, 6.45) is 10.7. The fraction of sp³-hybridized carbons (Fsp3) is 0.900. The lowest BCUT2D eigenvalue weighted by Gasteiger charge is -2.53. The zero-order valence-electron chi connectivity index (χ0n) is 15.1. The van der Waals surface area contributed by atoms with Gasteiger partial charge in [-0.2, -0.15) is 0 Å². The largest absolute Gasteiger partial charge is 0.390 e. The molecule has 1 saturated heterocycles. The van der Waals surface area contributed by atoms with Gasteiger partial charge in [0.05, 0.1) is 17.3 Å². The summed E-state index contributed by atoms with van der Waals surface area (Å²) in [6.45, 7) is 11.4. The van der Waals surface area contributed by atoms with Crippen LogP contribution in [0, 0.1) is 17.3 Å². The molecule has 0 amide bonds. The lowest BCUT2D eigenvalue weighted by Crippen LogP contribution is -2.51. The van der Waals surface area contributed by atoms with Gasteiger partial charge in [-0.05, 0) is 83.0 Å². The van der Waals surface area contributed by atoms with E-state index >= 15 is 0 Å². The fourth-order valence-corrected chi connectivity index (χ4v) is 5.31. The van der Waals surface area contributed by atoms with Crippen molar-refractivity contribution in [3.8, 4) is 0 Å². The Labute approximate surface area is 136 Å². The van der Waals surface area contributed by atoms with Gasteiger partial charge in [0.25, 0.3) is 0 Å². The van der Waals surface area contributed by atoms with Crippen LogP contribution in [0.3, 0.4) is 0 Å². The zero-order chi connectivity index (χ0) is 16.2. The van der Waals surface area contributed by atoms with E-state index in [-0.39, 0.29) is 11.0 Å². The molecule has 0 radical (unpaired) electrons. The number of fused-ring (bicyclic) bond motifs is 3. The van der Waals surface area contributed by atoms with Crippen LogP contribution in [0.1, 0.15) is 79.6 Å². The van der Waals surface area contributed by atoms with Crippen molar-refractivity contribution in [1.29, 1.82) is 0 Å². The molecule has 22 heavy (non-hydrogen) atoms. The third-order valence-corrected chi connectivity index (χ3v) is 7.22. The first kappa shape index (κ1) is 16.5. The number of ether oxygens (including phenoxy) is 1. The van der Waals surface area contributed by atoms with Gasteiger partial charge in [-0.3, -0.25) is 0 Å². The molecule has 0 spiro atoms. The average molecular weight is 306 g/mol. The molecular weight excluding hydrogens is 272 g/mol. The van der Waals surface area contributed by atoms with E-state index < -0.39 is 5.60 Å². The van der Waals surface area contributed by atoms with E-state index in [4.69, 9.17) is 4.74 Å². The van der Waals surface area contributed by atoms with Crippen molar-refractivity contribution in [3.05, 3.63) is 11.6 Å². The number of hydrogen-bond acceptors (Lipinski definition) is 2. The Hall–Kier alpha value is -0.340. The highest BCUT2D eigenvalue weighted by Gasteiger charge is 2.55. The van der Waals surface area contributed by atoms with Gasteiger partial charge in [-0.15, -0.1) is 0 Å². The lowest BCUT2D eigenvalue weighted by atomic mass is 9.54. The molecule has 0 aromatic rings. The van der Waals surface area contributed by atoms with Crippen molar-refractivity contribution in [2.45, 2.75) is 96.9 Å². The van der Waals surface area contributed by atoms with Gasteiger partial charge in [-0.25, -0.2) is 0 Å². The maximum Gasteiger partial charge on any atom is 0.0920 e. The van der Waals surface area contributed by atoms with Crippen molar-refractivity contribution < 1.29 is 9.84 Å². The topological polar surface area (TPSA) is 32.8 Å². The quantitative estimate of drug-likeness (QED) is 0.512. The third kappa shape index (κ3) is 2.89. The summed E-state index contributed by atoms with van der Waals surface area (Å²) in [5, 5.41) is 11.0. The summed E-state index contributed by atoms with van der Waals surface area (Å²) in [5.74, 6) is 1.06. The molecule has 1 aliphatic heterocycles. The van der Waals surface area contributed by atoms with Crippen LogP contribution in [0.4, 0.5) is 0 Å². The molecule has 2 fully saturated rings. The van der Waals surface area contributed by atoms with E-state index in [0.717, 1.165) is 32.1 Å². The summed E-state index contributed by atoms with van der Waals surface area (Å²) in [5.41, 5.74) is 1.25. The molecule has 1 heterocycles. The lowest BCUT2D eigenvalue weighted by molar-refractivity contribution is -0.120. The highest BCUT2D eigenvalue weighted by Crippen LogP contribution is 2.55. The number of rotatable bonds is 0. The molecule has 1 N–H and O–H groups in total. The third-order valence-electron chi connectivity index (χ3n) is 7.22. The van der Waals surface area contributed by atoms with Crippen LogP contribution in [0.5, 0.6) is 0 Å². The van der Waals surface area contributed by atoms with Crippen molar-refractivity contribution >= 4 is 0 Å².